The van der Waals surface area contributed by atoms with Gasteiger partial charge in [0.15, 0.2) is 0 Å². The van der Waals surface area contributed by atoms with E-state index in [1.807, 2.05) is 16.9 Å². The van der Waals surface area contributed by atoms with Crippen molar-refractivity contribution >= 4 is 5.91 Å². The van der Waals surface area contributed by atoms with Crippen molar-refractivity contribution in [3.63, 3.8) is 0 Å². The van der Waals surface area contributed by atoms with Crippen molar-refractivity contribution in [2.45, 2.75) is 45.2 Å². The predicted molar refractivity (Wildman–Crippen MR) is 67.4 cm³/mol. The zero-order valence-corrected chi connectivity index (χ0v) is 10.4. The number of aromatic nitrogens is 2. The summed E-state index contributed by atoms with van der Waals surface area (Å²) in [6.07, 6.45) is 7.37. The molecule has 96 valence electrons. The highest BCUT2D eigenvalue weighted by Gasteiger charge is 2.11. The number of nitrogens with one attached hydrogen (secondary N) is 1. The number of rotatable bonds is 8. The molecule has 0 bridgehead atoms. The van der Waals surface area contributed by atoms with Gasteiger partial charge in [0.25, 0.3) is 0 Å². The van der Waals surface area contributed by atoms with E-state index in [1.54, 1.807) is 6.20 Å². The van der Waals surface area contributed by atoms with Gasteiger partial charge in [-0.2, -0.15) is 5.10 Å². The summed E-state index contributed by atoms with van der Waals surface area (Å²) in [5.41, 5.74) is 5.75. The van der Waals surface area contributed by atoms with Crippen LogP contribution >= 0.6 is 0 Å². The molecule has 17 heavy (non-hydrogen) atoms. The van der Waals surface area contributed by atoms with Crippen LogP contribution in [0.5, 0.6) is 0 Å². The molecule has 1 atom stereocenters. The average Bonchev–Trinajstić information content (AvgIpc) is 2.84. The van der Waals surface area contributed by atoms with Gasteiger partial charge < -0.3 is 11.1 Å². The molecule has 3 N–H and O–H groups in total. The van der Waals surface area contributed by atoms with E-state index in [4.69, 9.17) is 5.73 Å². The normalized spacial score (nSPS) is 12.4. The summed E-state index contributed by atoms with van der Waals surface area (Å²) in [5, 5.41) is 6.94. The summed E-state index contributed by atoms with van der Waals surface area (Å²) in [4.78, 5) is 11.6. The molecular formula is C12H22N4O. The van der Waals surface area contributed by atoms with Crippen LogP contribution < -0.4 is 11.1 Å². The Bertz CT molecular complexity index is 310. The first-order valence-corrected chi connectivity index (χ1v) is 6.24. The monoisotopic (exact) mass is 238 g/mol. The number of amides is 1. The lowest BCUT2D eigenvalue weighted by Crippen LogP contribution is -2.41. The number of hydrogen-bond acceptors (Lipinski definition) is 3. The second-order valence-corrected chi connectivity index (χ2v) is 4.16. The Hall–Kier alpha value is -1.36. The second kappa shape index (κ2) is 7.84. The Balaban J connectivity index is 2.07. The molecule has 1 aromatic rings. The van der Waals surface area contributed by atoms with Gasteiger partial charge in [-0.05, 0) is 18.9 Å². The van der Waals surface area contributed by atoms with E-state index in [9.17, 15) is 4.79 Å². The zero-order valence-electron chi connectivity index (χ0n) is 10.4. The number of hydrogen-bond donors (Lipinski definition) is 2. The van der Waals surface area contributed by atoms with Crippen LogP contribution in [0.1, 0.15) is 32.6 Å². The lowest BCUT2D eigenvalue weighted by molar-refractivity contribution is -0.122. The van der Waals surface area contributed by atoms with Gasteiger partial charge in [0.1, 0.15) is 0 Å². The topological polar surface area (TPSA) is 72.9 Å². The van der Waals surface area contributed by atoms with Gasteiger partial charge in [0.2, 0.25) is 5.91 Å². The highest BCUT2D eigenvalue weighted by atomic mass is 16.2. The van der Waals surface area contributed by atoms with E-state index >= 15 is 0 Å². The molecule has 5 nitrogen and oxygen atoms in total. The summed E-state index contributed by atoms with van der Waals surface area (Å²) >= 11 is 0. The van der Waals surface area contributed by atoms with E-state index in [-0.39, 0.29) is 11.9 Å². The summed E-state index contributed by atoms with van der Waals surface area (Å²) in [5.74, 6) is -0.0427. The number of carbonyl (C=O) groups is 1. The number of nitrogens with zero attached hydrogens (tertiary/aromatic N) is 2. The van der Waals surface area contributed by atoms with Gasteiger partial charge in [-0.25, -0.2) is 0 Å². The third kappa shape index (κ3) is 5.49. The highest BCUT2D eigenvalue weighted by molar-refractivity contribution is 5.81. The predicted octanol–water partition coefficient (Wildman–Crippen LogP) is 0.907. The van der Waals surface area contributed by atoms with Crippen molar-refractivity contribution in [1.82, 2.24) is 15.1 Å². The summed E-state index contributed by atoms with van der Waals surface area (Å²) in [7, 11) is 0. The van der Waals surface area contributed by atoms with Crippen LogP contribution in [0.3, 0.4) is 0 Å². The van der Waals surface area contributed by atoms with Crippen LogP contribution in [0, 0.1) is 0 Å². The minimum absolute atomic E-state index is 0.0427. The standard InChI is InChI=1S/C12H22N4O/c1-2-3-6-11(13)12(17)14-7-4-9-16-10-5-8-15-16/h5,8,10-11H,2-4,6-7,9,13H2,1H3,(H,14,17). The largest absolute Gasteiger partial charge is 0.355 e. The molecule has 5 heteroatoms. The molecule has 0 aliphatic heterocycles. The average molecular weight is 238 g/mol. The van der Waals surface area contributed by atoms with Crippen LogP contribution in [0.4, 0.5) is 0 Å². The maximum atomic E-state index is 11.6. The zero-order chi connectivity index (χ0) is 12.5. The van der Waals surface area contributed by atoms with Gasteiger partial charge in [0, 0.05) is 25.5 Å². The maximum absolute atomic E-state index is 11.6. The Kier molecular flexibility index (Phi) is 6.32. The molecule has 1 unspecified atom stereocenters. The van der Waals surface area contributed by atoms with Crippen LogP contribution in [0.15, 0.2) is 18.5 Å². The molecule has 1 amide bonds. The maximum Gasteiger partial charge on any atom is 0.236 e. The minimum atomic E-state index is -0.361. The minimum Gasteiger partial charge on any atom is -0.355 e. The van der Waals surface area contributed by atoms with Crippen molar-refractivity contribution in [2.24, 2.45) is 5.73 Å². The SMILES string of the molecule is CCCCC(N)C(=O)NCCCn1cccn1. The summed E-state index contributed by atoms with van der Waals surface area (Å²) in [6.45, 7) is 3.56. The lowest BCUT2D eigenvalue weighted by atomic mass is 10.1. The Labute approximate surface area is 102 Å². The van der Waals surface area contributed by atoms with E-state index < -0.39 is 0 Å². The molecule has 0 fully saturated rings. The first-order chi connectivity index (χ1) is 8.24. The van der Waals surface area contributed by atoms with Crippen LogP contribution in [-0.4, -0.2) is 28.3 Å². The number of carbonyl (C=O) groups excluding carboxylic acids is 1. The molecule has 0 aliphatic carbocycles. The molecule has 0 saturated heterocycles. The number of aryl methyl sites for hydroxylation is 1. The van der Waals surface area contributed by atoms with E-state index in [1.165, 1.54) is 0 Å². The lowest BCUT2D eigenvalue weighted by Gasteiger charge is -2.11. The fraction of sp³-hybridized carbons (Fsp3) is 0.667. The fourth-order valence-electron chi connectivity index (χ4n) is 1.57. The molecule has 1 aromatic heterocycles. The van der Waals surface area contributed by atoms with Crippen LogP contribution in [0.25, 0.3) is 0 Å². The third-order valence-corrected chi connectivity index (χ3v) is 2.63. The molecule has 0 spiro atoms. The summed E-state index contributed by atoms with van der Waals surface area (Å²) < 4.78 is 1.85. The van der Waals surface area contributed by atoms with Crippen molar-refractivity contribution in [2.75, 3.05) is 6.54 Å². The van der Waals surface area contributed by atoms with Crippen molar-refractivity contribution in [1.29, 1.82) is 0 Å². The molecule has 1 heterocycles. The third-order valence-electron chi connectivity index (χ3n) is 2.63. The molecule has 0 aromatic carbocycles. The van der Waals surface area contributed by atoms with Crippen molar-refractivity contribution in [3.8, 4) is 0 Å². The van der Waals surface area contributed by atoms with Gasteiger partial charge in [-0.1, -0.05) is 19.8 Å². The van der Waals surface area contributed by atoms with Gasteiger partial charge >= 0.3 is 0 Å². The highest BCUT2D eigenvalue weighted by Crippen LogP contribution is 1.98. The van der Waals surface area contributed by atoms with E-state index in [0.29, 0.717) is 6.54 Å². The first kappa shape index (κ1) is 13.7. The van der Waals surface area contributed by atoms with E-state index in [2.05, 4.69) is 17.3 Å². The molecule has 0 aliphatic rings. The van der Waals surface area contributed by atoms with Crippen molar-refractivity contribution in [3.05, 3.63) is 18.5 Å². The number of nitrogens with two attached hydrogens (primary N) is 1. The first-order valence-electron chi connectivity index (χ1n) is 6.24. The fourth-order valence-corrected chi connectivity index (χ4v) is 1.57. The van der Waals surface area contributed by atoms with E-state index in [0.717, 1.165) is 32.2 Å². The Morgan fingerprint density at radius 2 is 2.35 bits per heavy atom. The smallest absolute Gasteiger partial charge is 0.236 e. The van der Waals surface area contributed by atoms with Gasteiger partial charge in [-0.15, -0.1) is 0 Å². The molecule has 0 saturated carbocycles. The quantitative estimate of drug-likeness (QED) is 0.661. The van der Waals surface area contributed by atoms with Gasteiger partial charge in [0.05, 0.1) is 6.04 Å². The van der Waals surface area contributed by atoms with Crippen LogP contribution in [-0.2, 0) is 11.3 Å². The molecular weight excluding hydrogens is 216 g/mol. The summed E-state index contributed by atoms with van der Waals surface area (Å²) in [6, 6.07) is 1.53. The van der Waals surface area contributed by atoms with Crippen LogP contribution in [0.2, 0.25) is 0 Å². The molecule has 0 radical (unpaired) electrons. The Morgan fingerprint density at radius 1 is 1.53 bits per heavy atom. The number of unbranched alkanes of at least 4 members (excludes halogenated alkanes) is 1. The second-order valence-electron chi connectivity index (χ2n) is 4.16. The Morgan fingerprint density at radius 3 is 3.00 bits per heavy atom. The molecule has 1 rings (SSSR count). The van der Waals surface area contributed by atoms with Crippen molar-refractivity contribution < 1.29 is 4.79 Å². The van der Waals surface area contributed by atoms with Gasteiger partial charge in [-0.3, -0.25) is 9.48 Å².